The first-order valence-corrected chi connectivity index (χ1v) is 6.66. The summed E-state index contributed by atoms with van der Waals surface area (Å²) in [7, 11) is 6.11. The van der Waals surface area contributed by atoms with Gasteiger partial charge in [-0.3, -0.25) is 4.90 Å². The van der Waals surface area contributed by atoms with Crippen molar-refractivity contribution in [1.29, 1.82) is 0 Å². The van der Waals surface area contributed by atoms with E-state index >= 15 is 0 Å². The summed E-state index contributed by atoms with van der Waals surface area (Å²) in [6.45, 7) is 3.20. The van der Waals surface area contributed by atoms with E-state index in [4.69, 9.17) is 4.74 Å². The highest BCUT2D eigenvalue weighted by atomic mass is 16.5. The molecule has 0 N–H and O–H groups in total. The summed E-state index contributed by atoms with van der Waals surface area (Å²) in [4.78, 5) is 4.78. The molecule has 2 atom stereocenters. The minimum Gasteiger partial charge on any atom is -0.378 e. The van der Waals surface area contributed by atoms with Gasteiger partial charge in [0.1, 0.15) is 0 Å². The second kappa shape index (κ2) is 6.32. The maximum atomic E-state index is 5.65. The van der Waals surface area contributed by atoms with Crippen molar-refractivity contribution < 1.29 is 4.74 Å². The molecule has 0 bridgehead atoms. The fourth-order valence-corrected chi connectivity index (χ4v) is 2.78. The van der Waals surface area contributed by atoms with Crippen molar-refractivity contribution in [3.63, 3.8) is 0 Å². The Morgan fingerprint density at radius 2 is 2.00 bits per heavy atom. The van der Waals surface area contributed by atoms with Crippen molar-refractivity contribution in [2.75, 3.05) is 34.3 Å². The van der Waals surface area contributed by atoms with Gasteiger partial charge in [0.15, 0.2) is 0 Å². The van der Waals surface area contributed by atoms with Crippen LogP contribution in [0.25, 0.3) is 0 Å². The molecule has 0 aromatic heterocycles. The van der Waals surface area contributed by atoms with E-state index in [1.807, 2.05) is 7.11 Å². The number of hydrogen-bond acceptors (Lipinski definition) is 3. The maximum absolute atomic E-state index is 5.65. The number of nitrogens with zero attached hydrogens (tertiary/aromatic N) is 2. The van der Waals surface area contributed by atoms with Gasteiger partial charge < -0.3 is 9.64 Å². The van der Waals surface area contributed by atoms with E-state index in [9.17, 15) is 0 Å². The van der Waals surface area contributed by atoms with Gasteiger partial charge in [-0.1, -0.05) is 30.3 Å². The SMILES string of the molecule is CO[C@@H]1CN(Cc2ccccc2)CC[C@@H]1N(C)C. The van der Waals surface area contributed by atoms with Crippen LogP contribution in [-0.2, 0) is 11.3 Å². The molecule has 18 heavy (non-hydrogen) atoms. The number of ether oxygens (including phenoxy) is 1. The van der Waals surface area contributed by atoms with Gasteiger partial charge in [0.25, 0.3) is 0 Å². The Kier molecular flexibility index (Phi) is 4.75. The molecule has 1 heterocycles. The molecule has 2 rings (SSSR count). The Balaban J connectivity index is 1.93. The lowest BCUT2D eigenvalue weighted by molar-refractivity contribution is -0.0264. The predicted molar refractivity (Wildman–Crippen MR) is 74.6 cm³/mol. The van der Waals surface area contributed by atoms with Gasteiger partial charge in [-0.25, -0.2) is 0 Å². The lowest BCUT2D eigenvalue weighted by atomic mass is 10.00. The highest BCUT2D eigenvalue weighted by Crippen LogP contribution is 2.19. The third kappa shape index (κ3) is 3.31. The second-order valence-corrected chi connectivity index (χ2v) is 5.31. The first kappa shape index (κ1) is 13.5. The summed E-state index contributed by atoms with van der Waals surface area (Å²) in [5, 5.41) is 0. The zero-order valence-electron chi connectivity index (χ0n) is 11.7. The van der Waals surface area contributed by atoms with Gasteiger partial charge in [-0.2, -0.15) is 0 Å². The van der Waals surface area contributed by atoms with Crippen LogP contribution in [-0.4, -0.2) is 56.2 Å². The van der Waals surface area contributed by atoms with Crippen LogP contribution in [0.1, 0.15) is 12.0 Å². The number of hydrogen-bond donors (Lipinski definition) is 0. The van der Waals surface area contributed by atoms with Gasteiger partial charge in [-0.15, -0.1) is 0 Å². The molecule has 100 valence electrons. The molecule has 1 aliphatic rings. The van der Waals surface area contributed by atoms with Crippen molar-refractivity contribution >= 4 is 0 Å². The molecule has 1 aliphatic heterocycles. The number of benzene rings is 1. The maximum Gasteiger partial charge on any atom is 0.0853 e. The number of methoxy groups -OCH3 is 1. The number of likely N-dealkylation sites (tertiary alicyclic amines) is 1. The first-order chi connectivity index (χ1) is 8.70. The van der Waals surface area contributed by atoms with E-state index < -0.39 is 0 Å². The topological polar surface area (TPSA) is 15.7 Å². The number of piperidine rings is 1. The van der Waals surface area contributed by atoms with Crippen LogP contribution < -0.4 is 0 Å². The van der Waals surface area contributed by atoms with Gasteiger partial charge in [0.05, 0.1) is 6.10 Å². The van der Waals surface area contributed by atoms with E-state index in [1.165, 1.54) is 12.0 Å². The van der Waals surface area contributed by atoms with Crippen LogP contribution in [0.5, 0.6) is 0 Å². The van der Waals surface area contributed by atoms with Crippen molar-refractivity contribution in [2.45, 2.75) is 25.1 Å². The third-order valence-electron chi connectivity index (χ3n) is 3.82. The largest absolute Gasteiger partial charge is 0.378 e. The molecule has 1 aromatic rings. The molecule has 0 unspecified atom stereocenters. The van der Waals surface area contributed by atoms with Gasteiger partial charge in [0.2, 0.25) is 0 Å². The summed E-state index contributed by atoms with van der Waals surface area (Å²) >= 11 is 0. The Morgan fingerprint density at radius 1 is 1.28 bits per heavy atom. The average molecular weight is 248 g/mol. The summed E-state index contributed by atoms with van der Waals surface area (Å²) < 4.78 is 5.65. The summed E-state index contributed by atoms with van der Waals surface area (Å²) in [5.41, 5.74) is 1.38. The molecule has 0 spiro atoms. The standard InChI is InChI=1S/C15H24N2O/c1-16(2)14-9-10-17(12-15(14)18-3)11-13-7-5-4-6-8-13/h4-8,14-15H,9-12H2,1-3H3/t14-,15+/m0/s1. The summed E-state index contributed by atoms with van der Waals surface area (Å²) in [6.07, 6.45) is 1.50. The molecule has 0 aliphatic carbocycles. The van der Waals surface area contributed by atoms with Crippen molar-refractivity contribution in [3.05, 3.63) is 35.9 Å². The number of rotatable bonds is 4. The Bertz CT molecular complexity index is 353. The van der Waals surface area contributed by atoms with Crippen LogP contribution >= 0.6 is 0 Å². The minimum atomic E-state index is 0.317. The Morgan fingerprint density at radius 3 is 2.61 bits per heavy atom. The van der Waals surface area contributed by atoms with Gasteiger partial charge >= 0.3 is 0 Å². The van der Waals surface area contributed by atoms with Crippen LogP contribution in [0.15, 0.2) is 30.3 Å². The third-order valence-corrected chi connectivity index (χ3v) is 3.82. The van der Waals surface area contributed by atoms with E-state index in [-0.39, 0.29) is 0 Å². The quantitative estimate of drug-likeness (QED) is 0.808. The minimum absolute atomic E-state index is 0.317. The molecular weight excluding hydrogens is 224 g/mol. The number of likely N-dealkylation sites (N-methyl/N-ethyl adjacent to an activating group) is 1. The Hall–Kier alpha value is -0.900. The fraction of sp³-hybridized carbons (Fsp3) is 0.600. The van der Waals surface area contributed by atoms with E-state index in [0.29, 0.717) is 12.1 Å². The predicted octanol–water partition coefficient (Wildman–Crippen LogP) is 1.84. The lowest BCUT2D eigenvalue weighted by Crippen LogP contribution is -2.52. The van der Waals surface area contributed by atoms with E-state index in [1.54, 1.807) is 0 Å². The molecule has 1 fully saturated rings. The van der Waals surface area contributed by atoms with Crippen LogP contribution in [0.4, 0.5) is 0 Å². The second-order valence-electron chi connectivity index (χ2n) is 5.31. The van der Waals surface area contributed by atoms with Crippen LogP contribution in [0.3, 0.4) is 0 Å². The summed E-state index contributed by atoms with van der Waals surface area (Å²) in [5.74, 6) is 0. The zero-order chi connectivity index (χ0) is 13.0. The normalized spacial score (nSPS) is 25.6. The molecule has 0 radical (unpaired) electrons. The first-order valence-electron chi connectivity index (χ1n) is 6.66. The molecule has 3 nitrogen and oxygen atoms in total. The lowest BCUT2D eigenvalue weighted by Gasteiger charge is -2.40. The molecule has 0 saturated carbocycles. The monoisotopic (exact) mass is 248 g/mol. The fourth-order valence-electron chi connectivity index (χ4n) is 2.78. The zero-order valence-corrected chi connectivity index (χ0v) is 11.7. The molecular formula is C15H24N2O. The smallest absolute Gasteiger partial charge is 0.0853 e. The van der Waals surface area contributed by atoms with E-state index in [2.05, 4.69) is 54.2 Å². The molecule has 1 aromatic carbocycles. The van der Waals surface area contributed by atoms with Gasteiger partial charge in [0, 0.05) is 32.8 Å². The van der Waals surface area contributed by atoms with Crippen molar-refractivity contribution in [2.24, 2.45) is 0 Å². The van der Waals surface area contributed by atoms with Gasteiger partial charge in [-0.05, 0) is 26.1 Å². The summed E-state index contributed by atoms with van der Waals surface area (Å²) in [6, 6.07) is 11.2. The highest BCUT2D eigenvalue weighted by molar-refractivity contribution is 5.14. The van der Waals surface area contributed by atoms with Crippen LogP contribution in [0, 0.1) is 0 Å². The van der Waals surface area contributed by atoms with Crippen LogP contribution in [0.2, 0.25) is 0 Å². The molecule has 1 saturated heterocycles. The highest BCUT2D eigenvalue weighted by Gasteiger charge is 2.30. The molecule has 3 heteroatoms. The van der Waals surface area contributed by atoms with E-state index in [0.717, 1.165) is 19.6 Å². The van der Waals surface area contributed by atoms with Crippen molar-refractivity contribution in [3.8, 4) is 0 Å². The molecule has 0 amide bonds. The average Bonchev–Trinajstić information content (AvgIpc) is 2.39. The van der Waals surface area contributed by atoms with Crippen molar-refractivity contribution in [1.82, 2.24) is 9.80 Å². The Labute approximate surface area is 110 Å².